The van der Waals surface area contributed by atoms with Gasteiger partial charge in [-0.2, -0.15) is 0 Å². The van der Waals surface area contributed by atoms with Crippen LogP contribution in [-0.4, -0.2) is 21.8 Å². The molecule has 1 heterocycles. The van der Waals surface area contributed by atoms with Crippen molar-refractivity contribution in [3.05, 3.63) is 81.8 Å². The molecule has 0 fully saturated rings. The number of aryl methyl sites for hydroxylation is 1. The number of carbonyl (C=O) groups is 2. The summed E-state index contributed by atoms with van der Waals surface area (Å²) in [6.07, 6.45) is -0.0951. The highest BCUT2D eigenvalue weighted by Crippen LogP contribution is 2.19. The van der Waals surface area contributed by atoms with Gasteiger partial charge in [0.1, 0.15) is 0 Å². The number of aromatic nitrogens is 2. The summed E-state index contributed by atoms with van der Waals surface area (Å²) in [6.45, 7) is 3.14. The molecule has 0 bridgehead atoms. The first kappa shape index (κ1) is 21.3. The van der Waals surface area contributed by atoms with Crippen molar-refractivity contribution in [3.8, 4) is 0 Å². The van der Waals surface area contributed by atoms with Crippen LogP contribution >= 0.6 is 11.8 Å². The summed E-state index contributed by atoms with van der Waals surface area (Å²) in [4.78, 5) is 43.3. The van der Waals surface area contributed by atoms with Crippen LogP contribution in [0.5, 0.6) is 0 Å². The molecule has 0 aliphatic rings. The summed E-state index contributed by atoms with van der Waals surface area (Å²) in [6, 6.07) is 16.7. The Morgan fingerprint density at radius 3 is 2.40 bits per heavy atom. The molecule has 154 valence electrons. The van der Waals surface area contributed by atoms with Crippen molar-refractivity contribution in [2.45, 2.75) is 31.2 Å². The number of anilines is 2. The lowest BCUT2D eigenvalue weighted by molar-refractivity contribution is -0.116. The van der Waals surface area contributed by atoms with Gasteiger partial charge in [0.2, 0.25) is 11.8 Å². The van der Waals surface area contributed by atoms with Crippen LogP contribution in [0.1, 0.15) is 23.7 Å². The summed E-state index contributed by atoms with van der Waals surface area (Å²) in [5.41, 5.74) is 2.78. The third-order valence-corrected chi connectivity index (χ3v) is 5.17. The fourth-order valence-corrected chi connectivity index (χ4v) is 3.69. The van der Waals surface area contributed by atoms with Gasteiger partial charge in [0, 0.05) is 35.3 Å². The molecule has 2 amide bonds. The molecule has 0 spiro atoms. The van der Waals surface area contributed by atoms with Crippen LogP contribution in [0, 0.1) is 6.92 Å². The SMILES string of the molecule is CC(=O)Nc1cccc(NC(=O)Cc2c(C)nc(SCc3ccccc3)[nH]c2=O)c1. The van der Waals surface area contributed by atoms with Crippen LogP contribution in [0.2, 0.25) is 0 Å². The Balaban J connectivity index is 1.65. The molecule has 2 aromatic carbocycles. The lowest BCUT2D eigenvalue weighted by atomic mass is 10.1. The van der Waals surface area contributed by atoms with Gasteiger partial charge in [-0.1, -0.05) is 48.2 Å². The average Bonchev–Trinajstić information content (AvgIpc) is 2.70. The molecular weight excluding hydrogens is 400 g/mol. The zero-order valence-electron chi connectivity index (χ0n) is 16.7. The van der Waals surface area contributed by atoms with Gasteiger partial charge in [-0.05, 0) is 30.7 Å². The fraction of sp³-hybridized carbons (Fsp3) is 0.182. The Kier molecular flexibility index (Phi) is 7.03. The van der Waals surface area contributed by atoms with Crippen molar-refractivity contribution in [1.82, 2.24) is 9.97 Å². The summed E-state index contributed by atoms with van der Waals surface area (Å²) >= 11 is 1.44. The maximum atomic E-state index is 12.5. The van der Waals surface area contributed by atoms with Gasteiger partial charge in [0.25, 0.3) is 5.56 Å². The quantitative estimate of drug-likeness (QED) is 0.399. The lowest BCUT2D eigenvalue weighted by Gasteiger charge is -2.09. The molecule has 0 saturated heterocycles. The third kappa shape index (κ3) is 6.05. The Morgan fingerprint density at radius 1 is 1.03 bits per heavy atom. The average molecular weight is 423 g/mol. The van der Waals surface area contributed by atoms with Gasteiger partial charge in [-0.3, -0.25) is 14.4 Å². The highest BCUT2D eigenvalue weighted by Gasteiger charge is 2.13. The van der Waals surface area contributed by atoms with Crippen LogP contribution in [0.25, 0.3) is 0 Å². The molecule has 1 aromatic heterocycles. The Bertz CT molecular complexity index is 1110. The van der Waals surface area contributed by atoms with Crippen molar-refractivity contribution >= 4 is 35.0 Å². The van der Waals surface area contributed by atoms with E-state index in [1.54, 1.807) is 31.2 Å². The number of nitrogens with one attached hydrogen (secondary N) is 3. The molecule has 0 saturated carbocycles. The largest absolute Gasteiger partial charge is 0.326 e. The van der Waals surface area contributed by atoms with Gasteiger partial charge in [0.15, 0.2) is 5.16 Å². The Hall–Kier alpha value is -3.39. The maximum Gasteiger partial charge on any atom is 0.255 e. The monoisotopic (exact) mass is 422 g/mol. The highest BCUT2D eigenvalue weighted by atomic mass is 32.2. The normalized spacial score (nSPS) is 10.5. The summed E-state index contributed by atoms with van der Waals surface area (Å²) in [5, 5.41) is 5.92. The van der Waals surface area contributed by atoms with Crippen molar-refractivity contribution < 1.29 is 9.59 Å². The number of hydrogen-bond acceptors (Lipinski definition) is 5. The molecule has 0 atom stereocenters. The minimum Gasteiger partial charge on any atom is -0.326 e. The van der Waals surface area contributed by atoms with Crippen LogP contribution < -0.4 is 16.2 Å². The van der Waals surface area contributed by atoms with E-state index in [1.165, 1.54) is 18.7 Å². The molecule has 0 radical (unpaired) electrons. The molecule has 7 nitrogen and oxygen atoms in total. The molecule has 3 aromatic rings. The van der Waals surface area contributed by atoms with E-state index >= 15 is 0 Å². The maximum absolute atomic E-state index is 12.5. The second-order valence-electron chi connectivity index (χ2n) is 6.70. The van der Waals surface area contributed by atoms with E-state index in [9.17, 15) is 14.4 Å². The number of carbonyl (C=O) groups excluding carboxylic acids is 2. The molecule has 0 aliphatic carbocycles. The van der Waals surface area contributed by atoms with Crippen LogP contribution in [0.15, 0.2) is 64.5 Å². The molecule has 30 heavy (non-hydrogen) atoms. The van der Waals surface area contributed by atoms with E-state index in [4.69, 9.17) is 0 Å². The van der Waals surface area contributed by atoms with Crippen molar-refractivity contribution in [2.75, 3.05) is 10.6 Å². The van der Waals surface area contributed by atoms with Crippen LogP contribution in [-0.2, 0) is 21.8 Å². The lowest BCUT2D eigenvalue weighted by Crippen LogP contribution is -2.23. The number of benzene rings is 2. The number of thioether (sulfide) groups is 1. The zero-order chi connectivity index (χ0) is 21.5. The van der Waals surface area contributed by atoms with Gasteiger partial charge in [-0.15, -0.1) is 0 Å². The smallest absolute Gasteiger partial charge is 0.255 e. The fourth-order valence-electron chi connectivity index (χ4n) is 2.83. The van der Waals surface area contributed by atoms with E-state index in [0.717, 1.165) is 5.56 Å². The molecule has 8 heteroatoms. The molecule has 0 aliphatic heterocycles. The minimum atomic E-state index is -0.338. The predicted octanol–water partition coefficient (Wildman–Crippen LogP) is 3.51. The molecule has 0 unspecified atom stereocenters. The molecule has 3 N–H and O–H groups in total. The third-order valence-electron chi connectivity index (χ3n) is 4.22. The Morgan fingerprint density at radius 2 is 1.73 bits per heavy atom. The summed E-state index contributed by atoms with van der Waals surface area (Å²) < 4.78 is 0. The first-order valence-corrected chi connectivity index (χ1v) is 10.3. The first-order chi connectivity index (χ1) is 14.4. The van der Waals surface area contributed by atoms with Crippen LogP contribution in [0.3, 0.4) is 0 Å². The number of amides is 2. The standard InChI is InChI=1S/C22H22N4O3S/c1-14-19(12-20(28)25-18-10-6-9-17(11-18)24-15(2)27)21(29)26-22(23-14)30-13-16-7-4-3-5-8-16/h3-11H,12-13H2,1-2H3,(H,24,27)(H,25,28)(H,23,26,29). The second-order valence-corrected chi connectivity index (χ2v) is 7.66. The number of nitrogens with zero attached hydrogens (tertiary/aromatic N) is 1. The van der Waals surface area contributed by atoms with E-state index in [-0.39, 0.29) is 23.8 Å². The Labute approximate surface area is 178 Å². The van der Waals surface area contributed by atoms with Crippen molar-refractivity contribution in [3.63, 3.8) is 0 Å². The molecular formula is C22H22N4O3S. The zero-order valence-corrected chi connectivity index (χ0v) is 17.5. The number of hydrogen-bond donors (Lipinski definition) is 3. The number of aromatic amines is 1. The van der Waals surface area contributed by atoms with E-state index in [2.05, 4.69) is 20.6 Å². The van der Waals surface area contributed by atoms with Crippen molar-refractivity contribution in [2.24, 2.45) is 0 Å². The van der Waals surface area contributed by atoms with Gasteiger partial charge >= 0.3 is 0 Å². The highest BCUT2D eigenvalue weighted by molar-refractivity contribution is 7.98. The van der Waals surface area contributed by atoms with Crippen LogP contribution in [0.4, 0.5) is 11.4 Å². The topological polar surface area (TPSA) is 104 Å². The van der Waals surface area contributed by atoms with Gasteiger partial charge in [-0.25, -0.2) is 4.98 Å². The van der Waals surface area contributed by atoms with Gasteiger partial charge in [0.05, 0.1) is 6.42 Å². The predicted molar refractivity (Wildman–Crippen MR) is 119 cm³/mol. The van der Waals surface area contributed by atoms with Gasteiger partial charge < -0.3 is 15.6 Å². The second kappa shape index (κ2) is 9.89. The minimum absolute atomic E-state index is 0.0951. The first-order valence-electron chi connectivity index (χ1n) is 9.35. The number of H-pyrrole nitrogens is 1. The summed E-state index contributed by atoms with van der Waals surface area (Å²) in [7, 11) is 0. The van der Waals surface area contributed by atoms with E-state index in [1.807, 2.05) is 30.3 Å². The van der Waals surface area contributed by atoms with E-state index < -0.39 is 0 Å². The summed E-state index contributed by atoms with van der Waals surface area (Å²) in [5.74, 6) is 0.153. The van der Waals surface area contributed by atoms with Crippen molar-refractivity contribution in [1.29, 1.82) is 0 Å². The molecule has 3 rings (SSSR count). The van der Waals surface area contributed by atoms with E-state index in [0.29, 0.717) is 33.5 Å². The number of rotatable bonds is 7.